The van der Waals surface area contributed by atoms with Crippen molar-refractivity contribution in [2.45, 2.75) is 46.6 Å². The third-order valence-corrected chi connectivity index (χ3v) is 4.73. The highest BCUT2D eigenvalue weighted by molar-refractivity contribution is 4.69. The van der Waals surface area contributed by atoms with Crippen LogP contribution in [0.3, 0.4) is 0 Å². The maximum Gasteiger partial charge on any atom is 0.0107 e. The maximum atomic E-state index is 3.69. The van der Waals surface area contributed by atoms with Crippen LogP contribution in [0.15, 0.2) is 0 Å². The van der Waals surface area contributed by atoms with E-state index in [1.54, 1.807) is 0 Å². The molecule has 126 valence electrons. The van der Waals surface area contributed by atoms with Crippen LogP contribution in [0.5, 0.6) is 0 Å². The predicted molar refractivity (Wildman–Crippen MR) is 93.0 cm³/mol. The van der Waals surface area contributed by atoms with E-state index >= 15 is 0 Å². The number of nitrogens with zero attached hydrogens (tertiary/aromatic N) is 2. The van der Waals surface area contributed by atoms with Gasteiger partial charge in [0.25, 0.3) is 0 Å². The van der Waals surface area contributed by atoms with Crippen molar-refractivity contribution in [3.05, 3.63) is 0 Å². The van der Waals surface area contributed by atoms with Gasteiger partial charge < -0.3 is 20.4 Å². The van der Waals surface area contributed by atoms with Crippen molar-refractivity contribution >= 4 is 0 Å². The summed E-state index contributed by atoms with van der Waals surface area (Å²) >= 11 is 0. The number of likely N-dealkylation sites (N-methyl/N-ethyl adjacent to an activating group) is 2. The zero-order valence-corrected chi connectivity index (χ0v) is 14.8. The molecule has 21 heavy (non-hydrogen) atoms. The van der Waals surface area contributed by atoms with Gasteiger partial charge in [0.2, 0.25) is 0 Å². The lowest BCUT2D eigenvalue weighted by molar-refractivity contribution is 0.259. The van der Waals surface area contributed by atoms with E-state index in [0.29, 0.717) is 6.04 Å². The Bertz CT molecular complexity index is 247. The van der Waals surface area contributed by atoms with E-state index in [4.69, 9.17) is 0 Å². The van der Waals surface area contributed by atoms with Crippen molar-refractivity contribution in [2.24, 2.45) is 5.92 Å². The Balaban J connectivity index is 2.46. The maximum absolute atomic E-state index is 3.69. The smallest absolute Gasteiger partial charge is 0.0107 e. The molecule has 0 amide bonds. The highest BCUT2D eigenvalue weighted by atomic mass is 15.1. The highest BCUT2D eigenvalue weighted by Gasteiger charge is 2.10. The third-order valence-electron chi connectivity index (χ3n) is 4.73. The number of rotatable bonds is 2. The lowest BCUT2D eigenvalue weighted by Crippen LogP contribution is -2.38. The third kappa shape index (κ3) is 8.77. The fourth-order valence-electron chi connectivity index (χ4n) is 2.89. The summed E-state index contributed by atoms with van der Waals surface area (Å²) in [6, 6.07) is 0.620. The van der Waals surface area contributed by atoms with Crippen LogP contribution in [0.2, 0.25) is 0 Å². The van der Waals surface area contributed by atoms with E-state index in [1.165, 1.54) is 45.6 Å². The number of nitrogens with one attached hydrogen (secondary N) is 2. The molecule has 0 saturated carbocycles. The molecule has 1 rings (SSSR count). The molecule has 0 aromatic rings. The predicted octanol–water partition coefficient (Wildman–Crippen LogP) is 1.63. The molecule has 2 atom stereocenters. The Hall–Kier alpha value is -0.160. The van der Waals surface area contributed by atoms with Gasteiger partial charge in [0, 0.05) is 32.2 Å². The van der Waals surface area contributed by atoms with Crippen LogP contribution < -0.4 is 10.6 Å². The molecule has 4 nitrogen and oxygen atoms in total. The van der Waals surface area contributed by atoms with E-state index in [9.17, 15) is 0 Å². The van der Waals surface area contributed by atoms with Crippen LogP contribution in [0.4, 0.5) is 0 Å². The molecule has 1 saturated heterocycles. The van der Waals surface area contributed by atoms with Crippen molar-refractivity contribution in [3.8, 4) is 0 Å². The molecule has 0 spiro atoms. The average molecular weight is 299 g/mol. The normalized spacial score (nSPS) is 29.7. The van der Waals surface area contributed by atoms with E-state index in [0.717, 1.165) is 32.1 Å². The van der Waals surface area contributed by atoms with E-state index in [1.807, 2.05) is 0 Å². The van der Waals surface area contributed by atoms with E-state index in [-0.39, 0.29) is 0 Å². The molecule has 0 aromatic carbocycles. The van der Waals surface area contributed by atoms with Gasteiger partial charge in [0.15, 0.2) is 0 Å². The fourth-order valence-corrected chi connectivity index (χ4v) is 2.89. The van der Waals surface area contributed by atoms with Crippen molar-refractivity contribution in [3.63, 3.8) is 0 Å². The van der Waals surface area contributed by atoms with Crippen LogP contribution in [-0.4, -0.2) is 74.7 Å². The summed E-state index contributed by atoms with van der Waals surface area (Å²) in [5, 5.41) is 7.33. The molecule has 0 aromatic heterocycles. The van der Waals surface area contributed by atoms with Crippen LogP contribution in [0, 0.1) is 5.92 Å². The fraction of sp³-hybridized carbons (Fsp3) is 1.00. The topological polar surface area (TPSA) is 30.5 Å². The van der Waals surface area contributed by atoms with Gasteiger partial charge in [-0.15, -0.1) is 0 Å². The minimum absolute atomic E-state index is 0.620. The molecule has 1 fully saturated rings. The van der Waals surface area contributed by atoms with Crippen molar-refractivity contribution < 1.29 is 0 Å². The molecule has 0 aliphatic carbocycles. The Morgan fingerprint density at radius 1 is 0.857 bits per heavy atom. The molecular formula is C17H38N4. The summed E-state index contributed by atoms with van der Waals surface area (Å²) in [7, 11) is 0. The molecular weight excluding hydrogens is 260 g/mol. The number of hydrogen-bond acceptors (Lipinski definition) is 4. The van der Waals surface area contributed by atoms with Crippen LogP contribution in [0.25, 0.3) is 0 Å². The summed E-state index contributed by atoms with van der Waals surface area (Å²) in [6.45, 7) is 19.8. The van der Waals surface area contributed by atoms with Crippen molar-refractivity contribution in [1.29, 1.82) is 0 Å². The standard InChI is InChI=1S/C17H38N4/c1-5-20-11-7-16(3)15-18-9-13-21(6-2)12-8-17(4)19-10-14-20/h16-19H,5-15H2,1-4H3. The Morgan fingerprint density at radius 2 is 1.48 bits per heavy atom. The van der Waals surface area contributed by atoms with Crippen LogP contribution in [0.1, 0.15) is 40.5 Å². The second kappa shape index (κ2) is 11.4. The molecule has 0 bridgehead atoms. The molecule has 2 unspecified atom stereocenters. The first kappa shape index (κ1) is 18.9. The molecule has 0 radical (unpaired) electrons. The lowest BCUT2D eigenvalue weighted by Gasteiger charge is -2.24. The molecule has 1 heterocycles. The van der Waals surface area contributed by atoms with Crippen LogP contribution in [-0.2, 0) is 0 Å². The van der Waals surface area contributed by atoms with Crippen molar-refractivity contribution in [2.75, 3.05) is 58.9 Å². The number of hydrogen-bond donors (Lipinski definition) is 2. The second-order valence-corrected chi connectivity index (χ2v) is 6.61. The summed E-state index contributed by atoms with van der Waals surface area (Å²) in [4.78, 5) is 5.14. The molecule has 4 heteroatoms. The minimum Gasteiger partial charge on any atom is -0.315 e. The minimum atomic E-state index is 0.620. The first-order valence-electron chi connectivity index (χ1n) is 9.04. The van der Waals surface area contributed by atoms with Crippen LogP contribution >= 0.6 is 0 Å². The highest BCUT2D eigenvalue weighted by Crippen LogP contribution is 2.03. The average Bonchev–Trinajstić information content (AvgIpc) is 2.49. The quantitative estimate of drug-likeness (QED) is 0.811. The van der Waals surface area contributed by atoms with Gasteiger partial charge in [-0.2, -0.15) is 0 Å². The van der Waals surface area contributed by atoms with Gasteiger partial charge in [-0.25, -0.2) is 0 Å². The Kier molecular flexibility index (Phi) is 10.3. The summed E-state index contributed by atoms with van der Waals surface area (Å²) in [5.41, 5.74) is 0. The summed E-state index contributed by atoms with van der Waals surface area (Å²) in [5.74, 6) is 0.770. The van der Waals surface area contributed by atoms with E-state index in [2.05, 4.69) is 48.1 Å². The van der Waals surface area contributed by atoms with Gasteiger partial charge in [-0.3, -0.25) is 0 Å². The largest absolute Gasteiger partial charge is 0.315 e. The molecule has 1 aliphatic heterocycles. The second-order valence-electron chi connectivity index (χ2n) is 6.61. The zero-order chi connectivity index (χ0) is 15.5. The first-order chi connectivity index (χ1) is 10.2. The zero-order valence-electron chi connectivity index (χ0n) is 14.8. The van der Waals surface area contributed by atoms with Gasteiger partial charge >= 0.3 is 0 Å². The molecule has 1 aliphatic rings. The lowest BCUT2D eigenvalue weighted by atomic mass is 10.1. The molecule has 2 N–H and O–H groups in total. The monoisotopic (exact) mass is 298 g/mol. The summed E-state index contributed by atoms with van der Waals surface area (Å²) < 4.78 is 0. The summed E-state index contributed by atoms with van der Waals surface area (Å²) in [6.07, 6.45) is 2.55. The Labute approximate surface area is 132 Å². The van der Waals surface area contributed by atoms with Gasteiger partial charge in [-0.1, -0.05) is 20.8 Å². The van der Waals surface area contributed by atoms with Gasteiger partial charge in [-0.05, 0) is 58.4 Å². The Morgan fingerprint density at radius 3 is 2.14 bits per heavy atom. The van der Waals surface area contributed by atoms with Gasteiger partial charge in [0.05, 0.1) is 0 Å². The van der Waals surface area contributed by atoms with Crippen molar-refractivity contribution in [1.82, 2.24) is 20.4 Å². The van der Waals surface area contributed by atoms with Gasteiger partial charge in [0.1, 0.15) is 0 Å². The van der Waals surface area contributed by atoms with E-state index < -0.39 is 0 Å². The SMILES string of the molecule is CCN1CCNC(C)CCN(CC)CCNCC(C)CC1. The first-order valence-corrected chi connectivity index (χ1v) is 9.04.